The van der Waals surface area contributed by atoms with Gasteiger partial charge in [-0.25, -0.2) is 0 Å². The summed E-state index contributed by atoms with van der Waals surface area (Å²) in [5, 5.41) is 0. The molecular weight excluding hydrogens is 260 g/mol. The summed E-state index contributed by atoms with van der Waals surface area (Å²) >= 11 is 0. The van der Waals surface area contributed by atoms with Gasteiger partial charge >= 0.3 is 0 Å². The minimum Gasteiger partial charge on any atom is -0.380 e. The number of piperidine rings is 1. The third kappa shape index (κ3) is 3.62. The van der Waals surface area contributed by atoms with Crippen LogP contribution in [0.25, 0.3) is 0 Å². The van der Waals surface area contributed by atoms with Crippen LogP contribution in [-0.4, -0.2) is 43.3 Å². The van der Waals surface area contributed by atoms with Gasteiger partial charge in [0.15, 0.2) is 0 Å². The zero-order valence-electron chi connectivity index (χ0n) is 14.7. The SMILES string of the molecule is CCC(C)(C)C1CCC(CN)(N2CCCC(OC)C2)CC1. The molecule has 0 radical (unpaired) electrons. The quantitative estimate of drug-likeness (QED) is 0.845. The minimum absolute atomic E-state index is 0.248. The smallest absolute Gasteiger partial charge is 0.0698 e. The van der Waals surface area contributed by atoms with E-state index in [4.69, 9.17) is 10.5 Å². The molecule has 1 atom stereocenters. The fraction of sp³-hybridized carbons (Fsp3) is 1.00. The third-order valence-electron chi connectivity index (χ3n) is 6.69. The molecule has 1 saturated heterocycles. The van der Waals surface area contributed by atoms with Crippen molar-refractivity contribution in [3.63, 3.8) is 0 Å². The monoisotopic (exact) mass is 296 g/mol. The summed E-state index contributed by atoms with van der Waals surface area (Å²) < 4.78 is 5.61. The summed E-state index contributed by atoms with van der Waals surface area (Å²) in [7, 11) is 1.85. The Labute approximate surface area is 131 Å². The lowest BCUT2D eigenvalue weighted by molar-refractivity contribution is -0.0434. The second-order valence-corrected chi connectivity index (χ2v) is 7.99. The molecule has 124 valence electrons. The van der Waals surface area contributed by atoms with Gasteiger partial charge in [-0.1, -0.05) is 27.2 Å². The van der Waals surface area contributed by atoms with Crippen LogP contribution in [0, 0.1) is 11.3 Å². The number of hydrogen-bond acceptors (Lipinski definition) is 3. The highest BCUT2D eigenvalue weighted by molar-refractivity contribution is 4.99. The van der Waals surface area contributed by atoms with Crippen LogP contribution in [0.2, 0.25) is 0 Å². The van der Waals surface area contributed by atoms with E-state index in [1.807, 2.05) is 7.11 Å². The van der Waals surface area contributed by atoms with Crippen molar-refractivity contribution in [1.29, 1.82) is 0 Å². The zero-order chi connectivity index (χ0) is 15.5. The van der Waals surface area contributed by atoms with Crippen molar-refractivity contribution in [3.8, 4) is 0 Å². The van der Waals surface area contributed by atoms with E-state index in [-0.39, 0.29) is 5.54 Å². The second-order valence-electron chi connectivity index (χ2n) is 7.99. The summed E-state index contributed by atoms with van der Waals surface area (Å²) in [5.74, 6) is 0.866. The highest BCUT2D eigenvalue weighted by Crippen LogP contribution is 2.45. The Kier molecular flexibility index (Phi) is 5.72. The maximum atomic E-state index is 6.26. The summed E-state index contributed by atoms with van der Waals surface area (Å²) in [5.41, 5.74) is 6.99. The predicted octanol–water partition coefficient (Wildman–Crippen LogP) is 3.42. The molecule has 0 spiro atoms. The van der Waals surface area contributed by atoms with Gasteiger partial charge < -0.3 is 10.5 Å². The van der Waals surface area contributed by atoms with E-state index in [0.29, 0.717) is 11.5 Å². The van der Waals surface area contributed by atoms with E-state index in [0.717, 1.165) is 19.0 Å². The molecular formula is C18H36N2O. The number of likely N-dealkylation sites (tertiary alicyclic amines) is 1. The molecule has 1 heterocycles. The molecule has 2 aliphatic rings. The lowest BCUT2D eigenvalue weighted by atomic mass is 9.65. The van der Waals surface area contributed by atoms with E-state index >= 15 is 0 Å². The Morgan fingerprint density at radius 3 is 2.43 bits per heavy atom. The second kappa shape index (κ2) is 6.97. The standard InChI is InChI=1S/C18H36N2O/c1-5-17(2,3)15-8-10-18(14-19,11-9-15)20-12-6-7-16(13-20)21-4/h15-16H,5-14,19H2,1-4H3. The van der Waals surface area contributed by atoms with Crippen molar-refractivity contribution >= 4 is 0 Å². The molecule has 1 aliphatic heterocycles. The molecule has 1 saturated carbocycles. The normalized spacial score (nSPS) is 35.9. The van der Waals surface area contributed by atoms with Gasteiger partial charge in [-0.2, -0.15) is 0 Å². The fourth-order valence-electron chi connectivity index (χ4n) is 4.44. The van der Waals surface area contributed by atoms with E-state index in [1.54, 1.807) is 0 Å². The van der Waals surface area contributed by atoms with Gasteiger partial charge in [0.05, 0.1) is 6.10 Å². The maximum absolute atomic E-state index is 6.26. The maximum Gasteiger partial charge on any atom is 0.0698 e. The van der Waals surface area contributed by atoms with Gasteiger partial charge in [0.2, 0.25) is 0 Å². The molecule has 0 aromatic rings. The van der Waals surface area contributed by atoms with E-state index in [9.17, 15) is 0 Å². The van der Waals surface area contributed by atoms with Gasteiger partial charge in [0, 0.05) is 25.7 Å². The first-order valence-electron chi connectivity index (χ1n) is 8.95. The average Bonchev–Trinajstić information content (AvgIpc) is 2.55. The largest absolute Gasteiger partial charge is 0.380 e. The molecule has 1 unspecified atom stereocenters. The Bertz CT molecular complexity index is 321. The summed E-state index contributed by atoms with van der Waals surface area (Å²) in [4.78, 5) is 2.67. The van der Waals surface area contributed by atoms with E-state index in [1.165, 1.54) is 51.5 Å². The number of ether oxygens (including phenoxy) is 1. The number of methoxy groups -OCH3 is 1. The van der Waals surface area contributed by atoms with Crippen LogP contribution in [0.4, 0.5) is 0 Å². The van der Waals surface area contributed by atoms with Gasteiger partial charge in [0.25, 0.3) is 0 Å². The van der Waals surface area contributed by atoms with Crippen molar-refractivity contribution in [2.45, 2.75) is 77.4 Å². The van der Waals surface area contributed by atoms with Crippen molar-refractivity contribution in [1.82, 2.24) is 4.90 Å². The Hall–Kier alpha value is -0.120. The molecule has 0 bridgehead atoms. The number of rotatable bonds is 5. The van der Waals surface area contributed by atoms with Crippen LogP contribution in [0.5, 0.6) is 0 Å². The van der Waals surface area contributed by atoms with Gasteiger partial charge in [-0.3, -0.25) is 4.90 Å². The van der Waals surface area contributed by atoms with Crippen LogP contribution in [-0.2, 0) is 4.74 Å². The van der Waals surface area contributed by atoms with Crippen LogP contribution < -0.4 is 5.73 Å². The highest BCUT2D eigenvalue weighted by Gasteiger charge is 2.43. The number of hydrogen-bond donors (Lipinski definition) is 1. The molecule has 2 rings (SSSR count). The number of nitrogens with two attached hydrogens (primary N) is 1. The molecule has 0 aromatic heterocycles. The number of nitrogens with zero attached hydrogens (tertiary/aromatic N) is 1. The Balaban J connectivity index is 2.01. The van der Waals surface area contributed by atoms with Crippen molar-refractivity contribution in [2.24, 2.45) is 17.1 Å². The zero-order valence-corrected chi connectivity index (χ0v) is 14.7. The Morgan fingerprint density at radius 2 is 1.90 bits per heavy atom. The highest BCUT2D eigenvalue weighted by atomic mass is 16.5. The van der Waals surface area contributed by atoms with Crippen molar-refractivity contribution in [3.05, 3.63) is 0 Å². The lowest BCUT2D eigenvalue weighted by Crippen LogP contribution is -2.59. The molecule has 0 amide bonds. The lowest BCUT2D eigenvalue weighted by Gasteiger charge is -2.52. The third-order valence-corrected chi connectivity index (χ3v) is 6.69. The summed E-state index contributed by atoms with van der Waals surface area (Å²) in [6.45, 7) is 10.3. The Morgan fingerprint density at radius 1 is 1.24 bits per heavy atom. The van der Waals surface area contributed by atoms with Gasteiger partial charge in [0.1, 0.15) is 0 Å². The fourth-order valence-corrected chi connectivity index (χ4v) is 4.44. The topological polar surface area (TPSA) is 38.5 Å². The van der Waals surface area contributed by atoms with Gasteiger partial charge in [-0.05, 0) is 56.4 Å². The van der Waals surface area contributed by atoms with Crippen molar-refractivity contribution in [2.75, 3.05) is 26.7 Å². The van der Waals surface area contributed by atoms with E-state index < -0.39 is 0 Å². The van der Waals surface area contributed by atoms with E-state index in [2.05, 4.69) is 25.7 Å². The molecule has 1 aliphatic carbocycles. The first-order valence-corrected chi connectivity index (χ1v) is 8.95. The summed E-state index contributed by atoms with van der Waals surface area (Å²) in [6, 6.07) is 0. The predicted molar refractivity (Wildman–Crippen MR) is 89.4 cm³/mol. The molecule has 3 nitrogen and oxygen atoms in total. The van der Waals surface area contributed by atoms with Gasteiger partial charge in [-0.15, -0.1) is 0 Å². The molecule has 0 aromatic carbocycles. The van der Waals surface area contributed by atoms with Crippen molar-refractivity contribution < 1.29 is 4.74 Å². The molecule has 3 heteroatoms. The molecule has 21 heavy (non-hydrogen) atoms. The summed E-state index contributed by atoms with van der Waals surface area (Å²) in [6.07, 6.45) is 9.37. The minimum atomic E-state index is 0.248. The first kappa shape index (κ1) is 17.2. The average molecular weight is 296 g/mol. The van der Waals surface area contributed by atoms with Crippen LogP contribution >= 0.6 is 0 Å². The molecule has 2 N–H and O–H groups in total. The first-order chi connectivity index (χ1) is 9.97. The van der Waals surface area contributed by atoms with Crippen LogP contribution in [0.3, 0.4) is 0 Å². The van der Waals surface area contributed by atoms with Crippen LogP contribution in [0.1, 0.15) is 65.7 Å². The molecule has 2 fully saturated rings. The van der Waals surface area contributed by atoms with Crippen LogP contribution in [0.15, 0.2) is 0 Å².